The molecule has 10 heteroatoms. The third-order valence-corrected chi connectivity index (χ3v) is 7.65. The van der Waals surface area contributed by atoms with Crippen LogP contribution in [0.3, 0.4) is 0 Å². The van der Waals surface area contributed by atoms with Crippen LogP contribution in [0.2, 0.25) is 5.02 Å². The van der Waals surface area contributed by atoms with Gasteiger partial charge in [0.05, 0.1) is 9.92 Å². The van der Waals surface area contributed by atoms with Crippen LogP contribution in [0.5, 0.6) is 5.75 Å². The molecule has 3 heterocycles. The fraction of sp³-hybridized carbons (Fsp3) is 0.375. The normalized spacial score (nSPS) is 17.1. The van der Waals surface area contributed by atoms with Crippen molar-refractivity contribution >= 4 is 27.4 Å². The summed E-state index contributed by atoms with van der Waals surface area (Å²) in [6.07, 6.45) is 10.4. The number of pyridine rings is 1. The Bertz CT molecular complexity index is 1350. The lowest BCUT2D eigenvalue weighted by Gasteiger charge is -2.32. The van der Waals surface area contributed by atoms with Gasteiger partial charge in [-0.2, -0.15) is 0 Å². The van der Waals surface area contributed by atoms with Gasteiger partial charge in [-0.3, -0.25) is 9.36 Å². The van der Waals surface area contributed by atoms with Crippen molar-refractivity contribution in [2.45, 2.75) is 42.6 Å². The molecule has 1 saturated heterocycles. The first kappa shape index (κ1) is 22.9. The van der Waals surface area contributed by atoms with E-state index < -0.39 is 9.84 Å². The smallest absolute Gasteiger partial charge is 0.258 e. The van der Waals surface area contributed by atoms with Crippen LogP contribution in [-0.4, -0.2) is 48.4 Å². The third kappa shape index (κ3) is 4.95. The lowest BCUT2D eigenvalue weighted by molar-refractivity contribution is 0.170. The summed E-state index contributed by atoms with van der Waals surface area (Å²) in [5, 5.41) is 0.313. The van der Waals surface area contributed by atoms with Crippen molar-refractivity contribution in [2.75, 3.05) is 24.2 Å². The highest BCUT2D eigenvalue weighted by Crippen LogP contribution is 2.39. The number of benzene rings is 1. The van der Waals surface area contributed by atoms with E-state index in [4.69, 9.17) is 16.3 Å². The van der Waals surface area contributed by atoms with Gasteiger partial charge in [0.25, 0.3) is 5.56 Å². The quantitative estimate of drug-likeness (QED) is 0.510. The van der Waals surface area contributed by atoms with Gasteiger partial charge in [0.1, 0.15) is 11.9 Å². The summed E-state index contributed by atoms with van der Waals surface area (Å²) in [6, 6.07) is 7.45. The summed E-state index contributed by atoms with van der Waals surface area (Å²) in [5.41, 5.74) is 1.43. The predicted octanol–water partition coefficient (Wildman–Crippen LogP) is 3.61. The second kappa shape index (κ2) is 9.03. The molecule has 0 bridgehead atoms. The zero-order valence-electron chi connectivity index (χ0n) is 18.7. The highest BCUT2D eigenvalue weighted by molar-refractivity contribution is 7.90. The number of hydrogen-bond donors (Lipinski definition) is 0. The SMILES string of the molecule is CS(=O)(=O)c1ccc(-n2cc(Cl)c(OC3CCN(c4ncc(C5CC5)cn4)CC3)cc2=O)cc1. The van der Waals surface area contributed by atoms with Crippen molar-refractivity contribution in [1.82, 2.24) is 14.5 Å². The first-order valence-corrected chi connectivity index (χ1v) is 13.5. The number of piperidine rings is 1. The molecule has 34 heavy (non-hydrogen) atoms. The number of hydrogen-bond acceptors (Lipinski definition) is 7. The first-order chi connectivity index (χ1) is 16.3. The molecule has 0 amide bonds. The molecule has 0 N–H and O–H groups in total. The molecule has 2 aromatic heterocycles. The highest BCUT2D eigenvalue weighted by atomic mass is 35.5. The van der Waals surface area contributed by atoms with Crippen LogP contribution < -0.4 is 15.2 Å². The Hall–Kier alpha value is -2.91. The van der Waals surface area contributed by atoms with Gasteiger partial charge >= 0.3 is 0 Å². The lowest BCUT2D eigenvalue weighted by atomic mass is 10.1. The summed E-state index contributed by atoms with van der Waals surface area (Å²) >= 11 is 6.43. The minimum Gasteiger partial charge on any atom is -0.488 e. The van der Waals surface area contributed by atoms with Crippen molar-refractivity contribution in [3.8, 4) is 11.4 Å². The van der Waals surface area contributed by atoms with Crippen LogP contribution in [0, 0.1) is 0 Å². The van der Waals surface area contributed by atoms with E-state index in [0.717, 1.165) is 38.1 Å². The van der Waals surface area contributed by atoms with Crippen molar-refractivity contribution in [3.63, 3.8) is 0 Å². The molecule has 0 atom stereocenters. The summed E-state index contributed by atoms with van der Waals surface area (Å²) < 4.78 is 30.8. The topological polar surface area (TPSA) is 94.4 Å². The van der Waals surface area contributed by atoms with Gasteiger partial charge in [-0.1, -0.05) is 11.6 Å². The average molecular weight is 501 g/mol. The molecule has 0 unspecified atom stereocenters. The Kier molecular flexibility index (Phi) is 6.07. The van der Waals surface area contributed by atoms with E-state index in [1.54, 1.807) is 12.1 Å². The molecule has 3 aromatic rings. The molecule has 1 aromatic carbocycles. The summed E-state index contributed by atoms with van der Waals surface area (Å²) in [5.74, 6) is 1.73. The molecule has 2 fully saturated rings. The molecule has 0 radical (unpaired) electrons. The monoisotopic (exact) mass is 500 g/mol. The second-order valence-electron chi connectivity index (χ2n) is 8.85. The van der Waals surface area contributed by atoms with E-state index in [9.17, 15) is 13.2 Å². The maximum absolute atomic E-state index is 12.7. The maximum atomic E-state index is 12.7. The fourth-order valence-electron chi connectivity index (χ4n) is 4.11. The van der Waals surface area contributed by atoms with E-state index in [-0.39, 0.29) is 16.6 Å². The molecule has 5 rings (SSSR count). The molecule has 0 spiro atoms. The zero-order chi connectivity index (χ0) is 23.9. The van der Waals surface area contributed by atoms with Crippen LogP contribution in [0.1, 0.15) is 37.2 Å². The number of ether oxygens (including phenoxy) is 1. The molecule has 8 nitrogen and oxygen atoms in total. The minimum absolute atomic E-state index is 0.0659. The maximum Gasteiger partial charge on any atom is 0.258 e. The van der Waals surface area contributed by atoms with E-state index in [1.165, 1.54) is 47.4 Å². The highest BCUT2D eigenvalue weighted by Gasteiger charge is 2.26. The Morgan fingerprint density at radius 2 is 1.68 bits per heavy atom. The lowest BCUT2D eigenvalue weighted by Crippen LogP contribution is -2.39. The zero-order valence-corrected chi connectivity index (χ0v) is 20.3. The van der Waals surface area contributed by atoms with E-state index in [2.05, 4.69) is 14.9 Å². The molecule has 1 aliphatic heterocycles. The van der Waals surface area contributed by atoms with Crippen molar-refractivity contribution in [3.05, 3.63) is 69.9 Å². The van der Waals surface area contributed by atoms with Gasteiger partial charge in [-0.05, 0) is 48.6 Å². The average Bonchev–Trinajstić information content (AvgIpc) is 3.67. The predicted molar refractivity (Wildman–Crippen MR) is 130 cm³/mol. The number of aromatic nitrogens is 3. The van der Waals surface area contributed by atoms with Crippen molar-refractivity contribution in [2.24, 2.45) is 0 Å². The molecule has 178 valence electrons. The van der Waals surface area contributed by atoms with Gasteiger partial charge in [0.15, 0.2) is 9.84 Å². The number of nitrogens with zero attached hydrogens (tertiary/aromatic N) is 4. The van der Waals surface area contributed by atoms with E-state index >= 15 is 0 Å². The summed E-state index contributed by atoms with van der Waals surface area (Å²) in [7, 11) is -3.31. The van der Waals surface area contributed by atoms with Crippen LogP contribution in [-0.2, 0) is 9.84 Å². The molecular formula is C24H25ClN4O4S. The first-order valence-electron chi connectivity index (χ1n) is 11.2. The van der Waals surface area contributed by atoms with Gasteiger partial charge in [-0.25, -0.2) is 18.4 Å². The van der Waals surface area contributed by atoms with Crippen molar-refractivity contribution in [1.29, 1.82) is 0 Å². The van der Waals surface area contributed by atoms with Crippen LogP contribution in [0.25, 0.3) is 5.69 Å². The van der Waals surface area contributed by atoms with Gasteiger partial charge in [0.2, 0.25) is 5.95 Å². The van der Waals surface area contributed by atoms with Crippen LogP contribution in [0.15, 0.2) is 58.6 Å². The standard InChI is InChI=1S/C24H25ClN4O4S/c1-34(31,32)20-6-4-18(5-7-20)29-15-21(25)22(12-23(29)30)33-19-8-10-28(11-9-19)24-26-13-17(14-27-24)16-2-3-16/h4-7,12-16,19H,2-3,8-11H2,1H3. The largest absolute Gasteiger partial charge is 0.488 e. The Morgan fingerprint density at radius 3 is 2.26 bits per heavy atom. The molecule has 1 saturated carbocycles. The van der Waals surface area contributed by atoms with Gasteiger partial charge < -0.3 is 9.64 Å². The Morgan fingerprint density at radius 1 is 1.03 bits per heavy atom. The Labute approximate surface area is 203 Å². The van der Waals surface area contributed by atoms with Crippen LogP contribution in [0.4, 0.5) is 5.95 Å². The summed E-state index contributed by atoms with van der Waals surface area (Å²) in [6.45, 7) is 1.52. The minimum atomic E-state index is -3.31. The molecule has 2 aliphatic rings. The van der Waals surface area contributed by atoms with Gasteiger partial charge in [-0.15, -0.1) is 0 Å². The fourth-order valence-corrected chi connectivity index (χ4v) is 4.94. The Balaban J connectivity index is 1.24. The molecule has 1 aliphatic carbocycles. The van der Waals surface area contributed by atoms with E-state index in [1.807, 2.05) is 12.4 Å². The number of sulfone groups is 1. The van der Waals surface area contributed by atoms with Crippen LogP contribution >= 0.6 is 11.6 Å². The third-order valence-electron chi connectivity index (χ3n) is 6.24. The number of rotatable bonds is 6. The number of anilines is 1. The summed E-state index contributed by atoms with van der Waals surface area (Å²) in [4.78, 5) is 24.1. The number of halogens is 1. The van der Waals surface area contributed by atoms with Gasteiger partial charge in [0, 0.05) is 62.5 Å². The molecular weight excluding hydrogens is 476 g/mol. The second-order valence-corrected chi connectivity index (χ2v) is 11.3. The van der Waals surface area contributed by atoms with Crippen molar-refractivity contribution < 1.29 is 13.2 Å². The van der Waals surface area contributed by atoms with E-state index in [0.29, 0.717) is 22.4 Å².